The molecule has 2 N–H and O–H groups in total. The van der Waals surface area contributed by atoms with Crippen molar-refractivity contribution < 1.29 is 4.79 Å². The van der Waals surface area contributed by atoms with Crippen molar-refractivity contribution in [3.63, 3.8) is 0 Å². The summed E-state index contributed by atoms with van der Waals surface area (Å²) < 4.78 is 0.215. The number of hydrogen-bond donors (Lipinski definition) is 2. The predicted octanol–water partition coefficient (Wildman–Crippen LogP) is 3.31. The Balaban J connectivity index is 1.96. The SMILES string of the molecule is CCNc1ccnc(C(=O)NCC2(SC)CCCCC2)c1. The van der Waals surface area contributed by atoms with Crippen LogP contribution in [0.3, 0.4) is 0 Å². The Labute approximate surface area is 131 Å². The molecule has 1 aliphatic rings. The van der Waals surface area contributed by atoms with E-state index < -0.39 is 0 Å². The molecule has 0 aromatic carbocycles. The summed E-state index contributed by atoms with van der Waals surface area (Å²) in [7, 11) is 0. The van der Waals surface area contributed by atoms with Gasteiger partial charge in [0.15, 0.2) is 0 Å². The minimum absolute atomic E-state index is 0.0752. The molecule has 1 fully saturated rings. The molecule has 4 nitrogen and oxygen atoms in total. The Morgan fingerprint density at radius 2 is 2.14 bits per heavy atom. The predicted molar refractivity (Wildman–Crippen MR) is 90.1 cm³/mol. The van der Waals surface area contributed by atoms with Crippen molar-refractivity contribution in [2.75, 3.05) is 24.7 Å². The first kappa shape index (κ1) is 16.1. The van der Waals surface area contributed by atoms with Gasteiger partial charge in [0.2, 0.25) is 0 Å². The fourth-order valence-corrected chi connectivity index (χ4v) is 3.76. The zero-order chi connectivity index (χ0) is 15.1. The Morgan fingerprint density at radius 3 is 2.81 bits per heavy atom. The topological polar surface area (TPSA) is 54.0 Å². The lowest BCUT2D eigenvalue weighted by atomic mass is 9.88. The molecule has 1 aromatic heterocycles. The summed E-state index contributed by atoms with van der Waals surface area (Å²) >= 11 is 1.89. The molecular weight excluding hydrogens is 282 g/mol. The lowest BCUT2D eigenvalue weighted by Crippen LogP contribution is -2.42. The maximum absolute atomic E-state index is 12.3. The minimum atomic E-state index is -0.0752. The van der Waals surface area contributed by atoms with Crippen molar-refractivity contribution in [1.82, 2.24) is 10.3 Å². The molecule has 116 valence electrons. The zero-order valence-electron chi connectivity index (χ0n) is 12.9. The third-order valence-corrected chi connectivity index (χ3v) is 5.56. The fraction of sp³-hybridized carbons (Fsp3) is 0.625. The number of carbonyl (C=O) groups excluding carboxylic acids is 1. The Kier molecular flexibility index (Phi) is 5.91. The van der Waals surface area contributed by atoms with Gasteiger partial charge in [0.25, 0.3) is 5.91 Å². The van der Waals surface area contributed by atoms with Crippen LogP contribution >= 0.6 is 11.8 Å². The standard InChI is InChI=1S/C16H25N3OS/c1-3-17-13-7-10-18-14(11-13)15(20)19-12-16(21-2)8-5-4-6-9-16/h7,10-11H,3-6,8-9,12H2,1-2H3,(H,17,18)(H,19,20). The number of thioether (sulfide) groups is 1. The van der Waals surface area contributed by atoms with E-state index >= 15 is 0 Å². The molecule has 5 heteroatoms. The van der Waals surface area contributed by atoms with Crippen LogP contribution in [0.4, 0.5) is 5.69 Å². The van der Waals surface area contributed by atoms with Crippen LogP contribution in [-0.2, 0) is 0 Å². The van der Waals surface area contributed by atoms with Gasteiger partial charge in [-0.05, 0) is 38.2 Å². The highest BCUT2D eigenvalue weighted by Crippen LogP contribution is 2.37. The number of nitrogens with one attached hydrogen (secondary N) is 2. The number of rotatable bonds is 6. The molecule has 1 aliphatic carbocycles. The van der Waals surface area contributed by atoms with E-state index in [0.29, 0.717) is 5.69 Å². The average Bonchev–Trinajstić information content (AvgIpc) is 2.54. The molecular formula is C16H25N3OS. The van der Waals surface area contributed by atoms with E-state index in [1.165, 1.54) is 32.1 Å². The highest BCUT2D eigenvalue weighted by Gasteiger charge is 2.31. The van der Waals surface area contributed by atoms with Crippen LogP contribution in [0.15, 0.2) is 18.3 Å². The summed E-state index contributed by atoms with van der Waals surface area (Å²) in [5.41, 5.74) is 1.43. The first-order valence-corrected chi connectivity index (χ1v) is 8.95. The quantitative estimate of drug-likeness (QED) is 0.846. The van der Waals surface area contributed by atoms with Crippen LogP contribution in [0.2, 0.25) is 0 Å². The molecule has 0 radical (unpaired) electrons. The van der Waals surface area contributed by atoms with E-state index in [1.54, 1.807) is 6.20 Å². The third-order valence-electron chi connectivity index (χ3n) is 4.14. The molecule has 1 saturated carbocycles. The summed E-state index contributed by atoms with van der Waals surface area (Å²) in [6, 6.07) is 3.69. The molecule has 2 rings (SSSR count). The molecule has 0 spiro atoms. The molecule has 1 amide bonds. The lowest BCUT2D eigenvalue weighted by molar-refractivity contribution is 0.0942. The fourth-order valence-electron chi connectivity index (χ4n) is 2.85. The van der Waals surface area contributed by atoms with Crippen molar-refractivity contribution in [3.05, 3.63) is 24.0 Å². The van der Waals surface area contributed by atoms with E-state index in [4.69, 9.17) is 0 Å². The average molecular weight is 307 g/mol. The monoisotopic (exact) mass is 307 g/mol. The Morgan fingerprint density at radius 1 is 1.38 bits per heavy atom. The smallest absolute Gasteiger partial charge is 0.270 e. The molecule has 0 saturated heterocycles. The summed E-state index contributed by atoms with van der Waals surface area (Å²) in [4.78, 5) is 16.5. The number of pyridine rings is 1. The van der Waals surface area contributed by atoms with Gasteiger partial charge in [-0.25, -0.2) is 0 Å². The van der Waals surface area contributed by atoms with Crippen molar-refractivity contribution in [2.45, 2.75) is 43.8 Å². The number of amides is 1. The van der Waals surface area contributed by atoms with Crippen LogP contribution in [0, 0.1) is 0 Å². The number of nitrogens with zero attached hydrogens (tertiary/aromatic N) is 1. The van der Waals surface area contributed by atoms with Gasteiger partial charge < -0.3 is 10.6 Å². The van der Waals surface area contributed by atoms with Gasteiger partial charge in [-0.15, -0.1) is 0 Å². The van der Waals surface area contributed by atoms with E-state index in [1.807, 2.05) is 30.8 Å². The lowest BCUT2D eigenvalue weighted by Gasteiger charge is -2.35. The van der Waals surface area contributed by atoms with Crippen molar-refractivity contribution in [2.24, 2.45) is 0 Å². The summed E-state index contributed by atoms with van der Waals surface area (Å²) in [6.07, 6.45) is 10.1. The van der Waals surface area contributed by atoms with E-state index in [9.17, 15) is 4.79 Å². The first-order valence-electron chi connectivity index (χ1n) is 7.72. The van der Waals surface area contributed by atoms with Gasteiger partial charge in [0.1, 0.15) is 5.69 Å². The molecule has 1 heterocycles. The van der Waals surface area contributed by atoms with Crippen molar-refractivity contribution in [3.8, 4) is 0 Å². The van der Waals surface area contributed by atoms with E-state index in [2.05, 4.69) is 21.9 Å². The summed E-state index contributed by atoms with van der Waals surface area (Å²) in [5, 5.41) is 6.28. The normalized spacial score (nSPS) is 17.2. The molecule has 0 bridgehead atoms. The van der Waals surface area contributed by atoms with Gasteiger partial charge >= 0.3 is 0 Å². The van der Waals surface area contributed by atoms with Gasteiger partial charge in [-0.3, -0.25) is 9.78 Å². The summed E-state index contributed by atoms with van der Waals surface area (Å²) in [6.45, 7) is 3.60. The van der Waals surface area contributed by atoms with Crippen LogP contribution in [0.25, 0.3) is 0 Å². The molecule has 1 aromatic rings. The molecule has 0 unspecified atom stereocenters. The van der Waals surface area contributed by atoms with Crippen molar-refractivity contribution in [1.29, 1.82) is 0 Å². The maximum Gasteiger partial charge on any atom is 0.270 e. The molecule has 21 heavy (non-hydrogen) atoms. The van der Waals surface area contributed by atoms with Gasteiger partial charge in [-0.2, -0.15) is 11.8 Å². The minimum Gasteiger partial charge on any atom is -0.385 e. The second-order valence-electron chi connectivity index (χ2n) is 5.59. The maximum atomic E-state index is 12.3. The number of hydrogen-bond acceptors (Lipinski definition) is 4. The van der Waals surface area contributed by atoms with Crippen LogP contribution in [-0.4, -0.2) is 35.0 Å². The third kappa shape index (κ3) is 4.37. The zero-order valence-corrected chi connectivity index (χ0v) is 13.8. The highest BCUT2D eigenvalue weighted by molar-refractivity contribution is 8.00. The Bertz CT molecular complexity index is 472. The number of carbonyl (C=O) groups is 1. The number of aromatic nitrogens is 1. The molecule has 0 atom stereocenters. The number of anilines is 1. The summed E-state index contributed by atoms with van der Waals surface area (Å²) in [5.74, 6) is -0.0752. The van der Waals surface area contributed by atoms with E-state index in [0.717, 1.165) is 18.8 Å². The van der Waals surface area contributed by atoms with Gasteiger partial charge in [-0.1, -0.05) is 19.3 Å². The van der Waals surface area contributed by atoms with Gasteiger partial charge in [0, 0.05) is 29.7 Å². The second-order valence-corrected chi connectivity index (χ2v) is 6.86. The van der Waals surface area contributed by atoms with Crippen LogP contribution in [0.5, 0.6) is 0 Å². The molecule has 0 aliphatic heterocycles. The van der Waals surface area contributed by atoms with Crippen molar-refractivity contribution >= 4 is 23.4 Å². The highest BCUT2D eigenvalue weighted by atomic mass is 32.2. The van der Waals surface area contributed by atoms with Crippen LogP contribution in [0.1, 0.15) is 49.5 Å². The van der Waals surface area contributed by atoms with Gasteiger partial charge in [0.05, 0.1) is 0 Å². The largest absolute Gasteiger partial charge is 0.385 e. The first-order chi connectivity index (χ1) is 10.2. The Hall–Kier alpha value is -1.23. The van der Waals surface area contributed by atoms with Crippen LogP contribution < -0.4 is 10.6 Å². The van der Waals surface area contributed by atoms with E-state index in [-0.39, 0.29) is 10.7 Å². The second kappa shape index (κ2) is 7.69.